The third kappa shape index (κ3) is 4.42. The predicted octanol–water partition coefficient (Wildman–Crippen LogP) is 3.47. The molecule has 0 spiro atoms. The number of aryl methyl sites for hydroxylation is 3. The number of rotatable bonds is 6. The van der Waals surface area contributed by atoms with Crippen molar-refractivity contribution in [2.45, 2.75) is 39.3 Å². The molecule has 7 heteroatoms. The molecular formula is C24H31N5O2. The summed E-state index contributed by atoms with van der Waals surface area (Å²) in [5.41, 5.74) is 4.58. The van der Waals surface area contributed by atoms with E-state index in [1.54, 1.807) is 4.68 Å². The zero-order valence-electron chi connectivity index (χ0n) is 19.1. The lowest BCUT2D eigenvalue weighted by Gasteiger charge is -2.27. The Labute approximate surface area is 183 Å². The fourth-order valence-corrected chi connectivity index (χ4v) is 4.32. The van der Waals surface area contributed by atoms with E-state index in [9.17, 15) is 4.79 Å². The van der Waals surface area contributed by atoms with Crippen LogP contribution in [0.3, 0.4) is 0 Å². The van der Waals surface area contributed by atoms with Crippen LogP contribution in [0, 0.1) is 13.8 Å². The number of nitrogens with zero attached hydrogens (tertiary/aromatic N) is 5. The van der Waals surface area contributed by atoms with Gasteiger partial charge in [-0.15, -0.1) is 0 Å². The molecule has 1 amide bonds. The number of aromatic nitrogens is 3. The van der Waals surface area contributed by atoms with Crippen molar-refractivity contribution >= 4 is 22.6 Å². The van der Waals surface area contributed by atoms with Crippen molar-refractivity contribution in [3.8, 4) is 0 Å². The quantitative estimate of drug-likeness (QED) is 0.610. The van der Waals surface area contributed by atoms with Crippen molar-refractivity contribution in [3.63, 3.8) is 0 Å². The number of amides is 1. The number of pyridine rings is 1. The Bertz CT molecular complexity index is 1100. The van der Waals surface area contributed by atoms with Crippen LogP contribution in [0.25, 0.3) is 10.9 Å². The number of fused-ring (bicyclic) bond motifs is 1. The lowest BCUT2D eigenvalue weighted by Crippen LogP contribution is -2.38. The second-order valence-corrected chi connectivity index (χ2v) is 8.63. The number of carbonyl (C=O) groups is 1. The number of hydrogen-bond acceptors (Lipinski definition) is 5. The van der Waals surface area contributed by atoms with Gasteiger partial charge in [0.15, 0.2) is 0 Å². The molecule has 1 atom stereocenters. The first-order valence-electron chi connectivity index (χ1n) is 10.8. The van der Waals surface area contributed by atoms with Crippen LogP contribution in [-0.2, 0) is 18.3 Å². The van der Waals surface area contributed by atoms with Gasteiger partial charge >= 0.3 is 0 Å². The summed E-state index contributed by atoms with van der Waals surface area (Å²) in [7, 11) is 5.80. The lowest BCUT2D eigenvalue weighted by molar-refractivity contribution is 0.0499. The molecule has 4 rings (SSSR count). The van der Waals surface area contributed by atoms with Crippen molar-refractivity contribution < 1.29 is 9.53 Å². The summed E-state index contributed by atoms with van der Waals surface area (Å²) in [6.45, 7) is 5.76. The Morgan fingerprint density at radius 3 is 2.71 bits per heavy atom. The molecule has 3 heterocycles. The first kappa shape index (κ1) is 21.3. The number of para-hydroxylation sites is 1. The molecule has 1 aliphatic rings. The molecule has 0 aliphatic carbocycles. The average Bonchev–Trinajstić information content (AvgIpc) is 3.35. The highest BCUT2D eigenvalue weighted by atomic mass is 16.5. The van der Waals surface area contributed by atoms with E-state index in [1.165, 1.54) is 0 Å². The SMILES string of the molecule is Cc1cc(C(=O)N(Cc2cc3cccc(C)c3nc2N(C)C)C[C@H]2CCCO2)n(C)n1. The van der Waals surface area contributed by atoms with Gasteiger partial charge in [-0.05, 0) is 44.4 Å². The third-order valence-corrected chi connectivity index (χ3v) is 5.84. The summed E-state index contributed by atoms with van der Waals surface area (Å²) in [6, 6.07) is 10.2. The van der Waals surface area contributed by atoms with Crippen molar-refractivity contribution in [3.05, 3.63) is 52.8 Å². The van der Waals surface area contributed by atoms with Gasteiger partial charge in [0, 0.05) is 51.8 Å². The van der Waals surface area contributed by atoms with Crippen LogP contribution in [-0.4, -0.2) is 58.9 Å². The molecule has 1 aromatic carbocycles. The highest BCUT2D eigenvalue weighted by Crippen LogP contribution is 2.27. The van der Waals surface area contributed by atoms with E-state index in [2.05, 4.69) is 30.2 Å². The standard InChI is InChI=1S/C24H31N5O2/c1-16-8-6-9-18-13-19(23(27(3)4)25-22(16)18)14-29(15-20-10-7-11-31-20)24(30)21-12-17(2)26-28(21)5/h6,8-9,12-13,20H,7,10-11,14-15H2,1-5H3/t20-/m1/s1. The number of anilines is 1. The molecule has 0 saturated carbocycles. The maximum atomic E-state index is 13.5. The van der Waals surface area contributed by atoms with E-state index in [0.29, 0.717) is 18.8 Å². The summed E-state index contributed by atoms with van der Waals surface area (Å²) < 4.78 is 7.53. The zero-order chi connectivity index (χ0) is 22.1. The maximum absolute atomic E-state index is 13.5. The van der Waals surface area contributed by atoms with Crippen LogP contribution >= 0.6 is 0 Å². The maximum Gasteiger partial charge on any atom is 0.272 e. The van der Waals surface area contributed by atoms with E-state index in [4.69, 9.17) is 9.72 Å². The highest BCUT2D eigenvalue weighted by molar-refractivity contribution is 5.93. The van der Waals surface area contributed by atoms with Crippen LogP contribution in [0.5, 0.6) is 0 Å². The lowest BCUT2D eigenvalue weighted by atomic mass is 10.1. The van der Waals surface area contributed by atoms with Crippen molar-refractivity contribution in [1.82, 2.24) is 19.7 Å². The van der Waals surface area contributed by atoms with Crippen molar-refractivity contribution in [2.75, 3.05) is 32.1 Å². The van der Waals surface area contributed by atoms with Crippen molar-refractivity contribution in [2.24, 2.45) is 7.05 Å². The van der Waals surface area contributed by atoms with E-state index in [-0.39, 0.29) is 12.0 Å². The fraction of sp³-hybridized carbons (Fsp3) is 0.458. The summed E-state index contributed by atoms with van der Waals surface area (Å²) in [5.74, 6) is 0.848. The Morgan fingerprint density at radius 1 is 1.26 bits per heavy atom. The van der Waals surface area contributed by atoms with Crippen molar-refractivity contribution in [1.29, 1.82) is 0 Å². The minimum Gasteiger partial charge on any atom is -0.376 e. The van der Waals surface area contributed by atoms with Gasteiger partial charge in [0.05, 0.1) is 17.3 Å². The van der Waals surface area contributed by atoms with Gasteiger partial charge in [-0.3, -0.25) is 9.48 Å². The van der Waals surface area contributed by atoms with Crippen LogP contribution in [0.4, 0.5) is 5.82 Å². The van der Waals surface area contributed by atoms with E-state index >= 15 is 0 Å². The second-order valence-electron chi connectivity index (χ2n) is 8.63. The van der Waals surface area contributed by atoms with E-state index in [1.807, 2.05) is 50.0 Å². The predicted molar refractivity (Wildman–Crippen MR) is 122 cm³/mol. The van der Waals surface area contributed by atoms with Crippen LogP contribution < -0.4 is 4.90 Å². The smallest absolute Gasteiger partial charge is 0.272 e. The number of ether oxygens (including phenoxy) is 1. The van der Waals surface area contributed by atoms with Gasteiger partial charge in [-0.1, -0.05) is 18.2 Å². The molecular weight excluding hydrogens is 390 g/mol. The molecule has 2 aromatic heterocycles. The zero-order valence-corrected chi connectivity index (χ0v) is 19.1. The minimum atomic E-state index is -0.0346. The third-order valence-electron chi connectivity index (χ3n) is 5.84. The van der Waals surface area contributed by atoms with Gasteiger partial charge in [-0.25, -0.2) is 4.98 Å². The normalized spacial score (nSPS) is 16.1. The molecule has 1 saturated heterocycles. The van der Waals surface area contributed by atoms with Gasteiger partial charge in [0.2, 0.25) is 0 Å². The number of carbonyl (C=O) groups excluding carboxylic acids is 1. The van der Waals surface area contributed by atoms with Crippen LogP contribution in [0.15, 0.2) is 30.3 Å². The molecule has 3 aromatic rings. The van der Waals surface area contributed by atoms with E-state index < -0.39 is 0 Å². The van der Waals surface area contributed by atoms with E-state index in [0.717, 1.165) is 53.0 Å². The Kier molecular flexibility index (Phi) is 5.96. The fourth-order valence-electron chi connectivity index (χ4n) is 4.32. The molecule has 31 heavy (non-hydrogen) atoms. The average molecular weight is 422 g/mol. The molecule has 1 fully saturated rings. The molecule has 7 nitrogen and oxygen atoms in total. The largest absolute Gasteiger partial charge is 0.376 e. The monoisotopic (exact) mass is 421 g/mol. The topological polar surface area (TPSA) is 63.5 Å². The van der Waals surface area contributed by atoms with Crippen LogP contribution in [0.2, 0.25) is 0 Å². The number of hydrogen-bond donors (Lipinski definition) is 0. The van der Waals surface area contributed by atoms with Gasteiger partial charge in [-0.2, -0.15) is 5.10 Å². The molecule has 0 bridgehead atoms. The van der Waals surface area contributed by atoms with Gasteiger partial charge < -0.3 is 14.5 Å². The summed E-state index contributed by atoms with van der Waals surface area (Å²) in [4.78, 5) is 22.4. The molecule has 164 valence electrons. The number of benzene rings is 1. The molecule has 0 radical (unpaired) electrons. The minimum absolute atomic E-state index is 0.0346. The molecule has 1 aliphatic heterocycles. The molecule has 0 unspecified atom stereocenters. The summed E-state index contributed by atoms with van der Waals surface area (Å²) in [5, 5.41) is 5.45. The summed E-state index contributed by atoms with van der Waals surface area (Å²) in [6.07, 6.45) is 2.08. The highest BCUT2D eigenvalue weighted by Gasteiger charge is 2.27. The molecule has 0 N–H and O–H groups in total. The second kappa shape index (κ2) is 8.67. The Balaban J connectivity index is 1.73. The first-order valence-corrected chi connectivity index (χ1v) is 10.8. The van der Waals surface area contributed by atoms with Gasteiger partial charge in [0.1, 0.15) is 11.5 Å². The van der Waals surface area contributed by atoms with Crippen LogP contribution in [0.1, 0.15) is 40.2 Å². The summed E-state index contributed by atoms with van der Waals surface area (Å²) >= 11 is 0. The Hall–Kier alpha value is -2.93. The first-order chi connectivity index (χ1) is 14.8. The van der Waals surface area contributed by atoms with Gasteiger partial charge in [0.25, 0.3) is 5.91 Å². The Morgan fingerprint density at radius 2 is 2.06 bits per heavy atom.